The van der Waals surface area contributed by atoms with E-state index in [0.29, 0.717) is 5.92 Å². The molecule has 1 N–H and O–H groups in total. The van der Waals surface area contributed by atoms with Gasteiger partial charge in [-0.1, -0.05) is 12.1 Å². The predicted octanol–water partition coefficient (Wildman–Crippen LogP) is 1.61. The first-order chi connectivity index (χ1) is 8.34. The predicted molar refractivity (Wildman–Crippen MR) is 69.2 cm³/mol. The highest BCUT2D eigenvalue weighted by Gasteiger charge is 2.15. The fourth-order valence-electron chi connectivity index (χ4n) is 2.57. The molecule has 1 aromatic carbocycles. The van der Waals surface area contributed by atoms with Crippen molar-refractivity contribution in [2.24, 2.45) is 5.92 Å². The lowest BCUT2D eigenvalue weighted by atomic mass is 10.1. The number of rotatable bonds is 2. The molecule has 0 saturated carbocycles. The standard InChI is InChI=1S/C14H16N2O/c17-14-6-8-16(10-11-5-7-15-9-11)13-4-2-1-3-12(13)14/h1-4,6,8,11,15H,5,7,9-10H2. The number of aromatic nitrogens is 1. The van der Waals surface area contributed by atoms with Gasteiger partial charge in [0.1, 0.15) is 0 Å². The molecule has 3 rings (SSSR count). The zero-order chi connectivity index (χ0) is 11.7. The normalized spacial score (nSPS) is 19.9. The summed E-state index contributed by atoms with van der Waals surface area (Å²) in [5, 5.41) is 4.20. The zero-order valence-electron chi connectivity index (χ0n) is 9.73. The summed E-state index contributed by atoms with van der Waals surface area (Å²) >= 11 is 0. The first kappa shape index (κ1) is 10.5. The molecule has 1 unspecified atom stereocenters. The van der Waals surface area contributed by atoms with Crippen LogP contribution in [0.25, 0.3) is 10.9 Å². The summed E-state index contributed by atoms with van der Waals surface area (Å²) in [5.74, 6) is 0.681. The Morgan fingerprint density at radius 1 is 1.29 bits per heavy atom. The summed E-state index contributed by atoms with van der Waals surface area (Å²) in [6, 6.07) is 9.52. The minimum atomic E-state index is 0.112. The lowest BCUT2D eigenvalue weighted by molar-refractivity contribution is 0.489. The average molecular weight is 228 g/mol. The van der Waals surface area contributed by atoms with E-state index in [9.17, 15) is 4.79 Å². The topological polar surface area (TPSA) is 34.0 Å². The molecule has 0 bridgehead atoms. The molecular weight excluding hydrogens is 212 g/mol. The van der Waals surface area contributed by atoms with Crippen molar-refractivity contribution in [2.45, 2.75) is 13.0 Å². The maximum absolute atomic E-state index is 11.7. The minimum Gasteiger partial charge on any atom is -0.347 e. The summed E-state index contributed by atoms with van der Waals surface area (Å²) < 4.78 is 2.20. The Labute approximate surface area is 100 Å². The van der Waals surface area contributed by atoms with E-state index in [1.165, 1.54) is 6.42 Å². The fraction of sp³-hybridized carbons (Fsp3) is 0.357. The molecule has 1 aliphatic heterocycles. The number of hydrogen-bond acceptors (Lipinski definition) is 2. The van der Waals surface area contributed by atoms with Gasteiger partial charge < -0.3 is 9.88 Å². The van der Waals surface area contributed by atoms with Crippen molar-refractivity contribution < 1.29 is 0 Å². The molecule has 1 aliphatic rings. The Hall–Kier alpha value is -1.61. The Balaban J connectivity index is 2.04. The molecule has 1 aromatic heterocycles. The van der Waals surface area contributed by atoms with Crippen molar-refractivity contribution in [1.29, 1.82) is 0 Å². The van der Waals surface area contributed by atoms with Crippen LogP contribution in [0.2, 0.25) is 0 Å². The number of para-hydroxylation sites is 1. The van der Waals surface area contributed by atoms with Gasteiger partial charge in [0.25, 0.3) is 0 Å². The van der Waals surface area contributed by atoms with E-state index in [2.05, 4.69) is 9.88 Å². The van der Waals surface area contributed by atoms with Crippen molar-refractivity contribution >= 4 is 10.9 Å². The molecule has 1 saturated heterocycles. The molecule has 1 fully saturated rings. The number of pyridine rings is 1. The van der Waals surface area contributed by atoms with Crippen molar-refractivity contribution in [2.75, 3.05) is 13.1 Å². The van der Waals surface area contributed by atoms with Crippen molar-refractivity contribution in [3.8, 4) is 0 Å². The molecule has 17 heavy (non-hydrogen) atoms. The highest BCUT2D eigenvalue weighted by molar-refractivity contribution is 5.78. The van der Waals surface area contributed by atoms with Gasteiger partial charge in [0.05, 0.1) is 5.52 Å². The van der Waals surface area contributed by atoms with Crippen molar-refractivity contribution in [1.82, 2.24) is 9.88 Å². The summed E-state index contributed by atoms with van der Waals surface area (Å²) in [5.41, 5.74) is 1.16. The van der Waals surface area contributed by atoms with E-state index in [4.69, 9.17) is 0 Å². The Morgan fingerprint density at radius 3 is 3.00 bits per heavy atom. The largest absolute Gasteiger partial charge is 0.347 e. The summed E-state index contributed by atoms with van der Waals surface area (Å²) in [6.45, 7) is 3.19. The number of nitrogens with zero attached hydrogens (tertiary/aromatic N) is 1. The summed E-state index contributed by atoms with van der Waals surface area (Å²) in [4.78, 5) is 11.7. The Bertz CT molecular complexity index is 582. The molecule has 3 nitrogen and oxygen atoms in total. The van der Waals surface area contributed by atoms with Crippen LogP contribution in [0.1, 0.15) is 6.42 Å². The van der Waals surface area contributed by atoms with Crippen molar-refractivity contribution in [3.05, 3.63) is 46.8 Å². The molecule has 0 aliphatic carbocycles. The number of benzene rings is 1. The number of fused-ring (bicyclic) bond motifs is 1. The van der Waals surface area contributed by atoms with E-state index in [-0.39, 0.29) is 5.43 Å². The highest BCUT2D eigenvalue weighted by atomic mass is 16.1. The lowest BCUT2D eigenvalue weighted by Crippen LogP contribution is -2.16. The van der Waals surface area contributed by atoms with Crippen LogP contribution in [0.15, 0.2) is 41.3 Å². The van der Waals surface area contributed by atoms with Gasteiger partial charge in [-0.25, -0.2) is 0 Å². The van der Waals surface area contributed by atoms with Crippen LogP contribution in [-0.2, 0) is 6.54 Å². The highest BCUT2D eigenvalue weighted by Crippen LogP contribution is 2.15. The van der Waals surface area contributed by atoms with Crippen LogP contribution >= 0.6 is 0 Å². The molecule has 3 heteroatoms. The summed E-state index contributed by atoms with van der Waals surface area (Å²) in [7, 11) is 0. The van der Waals surface area contributed by atoms with Crippen molar-refractivity contribution in [3.63, 3.8) is 0 Å². The van der Waals surface area contributed by atoms with Crippen LogP contribution in [-0.4, -0.2) is 17.7 Å². The Kier molecular flexibility index (Phi) is 2.69. The van der Waals surface area contributed by atoms with E-state index in [1.54, 1.807) is 6.07 Å². The molecule has 2 aromatic rings. The molecule has 0 spiro atoms. The summed E-state index contributed by atoms with van der Waals surface area (Å²) in [6.07, 6.45) is 3.14. The van der Waals surface area contributed by atoms with Gasteiger partial charge >= 0.3 is 0 Å². The molecule has 0 amide bonds. The second-order valence-electron chi connectivity index (χ2n) is 4.71. The quantitative estimate of drug-likeness (QED) is 0.847. The maximum Gasteiger partial charge on any atom is 0.189 e. The molecule has 88 valence electrons. The molecule has 0 radical (unpaired) electrons. The number of nitrogens with one attached hydrogen (secondary N) is 1. The average Bonchev–Trinajstić information content (AvgIpc) is 2.86. The minimum absolute atomic E-state index is 0.112. The number of hydrogen-bond donors (Lipinski definition) is 1. The first-order valence-corrected chi connectivity index (χ1v) is 6.13. The van der Waals surface area contributed by atoms with Crippen LogP contribution in [0.3, 0.4) is 0 Å². The second kappa shape index (κ2) is 4.34. The van der Waals surface area contributed by atoms with Gasteiger partial charge in [-0.05, 0) is 37.6 Å². The van der Waals surface area contributed by atoms with Gasteiger partial charge in [-0.3, -0.25) is 4.79 Å². The third-order valence-electron chi connectivity index (χ3n) is 3.50. The molecular formula is C14H16N2O. The van der Waals surface area contributed by atoms with Gasteiger partial charge in [0, 0.05) is 24.2 Å². The Morgan fingerprint density at radius 2 is 2.18 bits per heavy atom. The van der Waals surface area contributed by atoms with Crippen LogP contribution in [0, 0.1) is 5.92 Å². The fourth-order valence-corrected chi connectivity index (χ4v) is 2.57. The lowest BCUT2D eigenvalue weighted by Gasteiger charge is -2.14. The van der Waals surface area contributed by atoms with E-state index < -0.39 is 0 Å². The first-order valence-electron chi connectivity index (χ1n) is 6.13. The SMILES string of the molecule is O=c1ccn(CC2CCNC2)c2ccccc12. The third kappa shape index (κ3) is 1.98. The van der Waals surface area contributed by atoms with Crippen LogP contribution in [0.5, 0.6) is 0 Å². The molecule has 2 heterocycles. The molecule has 1 atom stereocenters. The second-order valence-corrected chi connectivity index (χ2v) is 4.71. The monoisotopic (exact) mass is 228 g/mol. The maximum atomic E-state index is 11.7. The van der Waals surface area contributed by atoms with E-state index in [0.717, 1.165) is 30.5 Å². The van der Waals surface area contributed by atoms with Crippen LogP contribution < -0.4 is 10.7 Å². The van der Waals surface area contributed by atoms with Gasteiger partial charge in [-0.15, -0.1) is 0 Å². The van der Waals surface area contributed by atoms with Gasteiger partial charge in [0.2, 0.25) is 0 Å². The van der Waals surface area contributed by atoms with Crippen LogP contribution in [0.4, 0.5) is 0 Å². The smallest absolute Gasteiger partial charge is 0.189 e. The van der Waals surface area contributed by atoms with E-state index in [1.807, 2.05) is 30.5 Å². The van der Waals surface area contributed by atoms with Gasteiger partial charge in [0.15, 0.2) is 5.43 Å². The third-order valence-corrected chi connectivity index (χ3v) is 3.50. The zero-order valence-corrected chi connectivity index (χ0v) is 9.73. The van der Waals surface area contributed by atoms with Gasteiger partial charge in [-0.2, -0.15) is 0 Å². The van der Waals surface area contributed by atoms with E-state index >= 15 is 0 Å².